The van der Waals surface area contributed by atoms with Crippen LogP contribution in [0.3, 0.4) is 0 Å². The number of hydrogen-bond donors (Lipinski definition) is 1. The molecule has 1 aliphatic heterocycles. The Balaban J connectivity index is 1.66. The van der Waals surface area contributed by atoms with Crippen LogP contribution in [0, 0.1) is 6.92 Å². The fraction of sp³-hybridized carbons (Fsp3) is 0.389. The Kier molecular flexibility index (Phi) is 4.74. The quantitative estimate of drug-likeness (QED) is 0.926. The summed E-state index contributed by atoms with van der Waals surface area (Å²) in [6, 6.07) is 10.2. The van der Waals surface area contributed by atoms with E-state index in [0.717, 1.165) is 24.9 Å². The molecule has 1 aliphatic rings. The van der Waals surface area contributed by atoms with Gasteiger partial charge in [-0.3, -0.25) is 9.69 Å². The summed E-state index contributed by atoms with van der Waals surface area (Å²) in [7, 11) is 2.05. The van der Waals surface area contributed by atoms with Crippen molar-refractivity contribution in [3.8, 4) is 0 Å². The topological polar surface area (TPSA) is 37.3 Å². The molecule has 5 heteroatoms. The molecule has 1 saturated heterocycles. The van der Waals surface area contributed by atoms with Gasteiger partial charge in [-0.25, -0.2) is 0 Å². The van der Waals surface area contributed by atoms with E-state index in [0.29, 0.717) is 23.3 Å². The highest BCUT2D eigenvalue weighted by Gasteiger charge is 2.29. The summed E-state index contributed by atoms with van der Waals surface area (Å²) < 4.78 is 2.14. The molecule has 1 N–H and O–H groups in total. The normalized spacial score (nSPS) is 18.3. The van der Waals surface area contributed by atoms with E-state index in [1.165, 1.54) is 5.69 Å². The summed E-state index contributed by atoms with van der Waals surface area (Å²) >= 11 is 6.19. The van der Waals surface area contributed by atoms with Crippen molar-refractivity contribution in [1.29, 1.82) is 0 Å². The number of likely N-dealkylation sites (tertiary alicyclic amines) is 1. The minimum Gasteiger partial charge on any atom is -0.353 e. The van der Waals surface area contributed by atoms with Gasteiger partial charge in [0.15, 0.2) is 0 Å². The van der Waals surface area contributed by atoms with E-state index in [9.17, 15) is 4.79 Å². The lowest BCUT2D eigenvalue weighted by molar-refractivity contribution is -0.117. The minimum atomic E-state index is -0.0168. The molecule has 0 radical (unpaired) electrons. The van der Waals surface area contributed by atoms with Gasteiger partial charge in [0.25, 0.3) is 0 Å². The summed E-state index contributed by atoms with van der Waals surface area (Å²) in [5.41, 5.74) is 3.02. The van der Waals surface area contributed by atoms with Crippen molar-refractivity contribution in [3.05, 3.63) is 52.8 Å². The van der Waals surface area contributed by atoms with E-state index >= 15 is 0 Å². The zero-order valence-electron chi connectivity index (χ0n) is 13.6. The predicted molar refractivity (Wildman–Crippen MR) is 93.8 cm³/mol. The van der Waals surface area contributed by atoms with Crippen LogP contribution in [0.15, 0.2) is 36.5 Å². The van der Waals surface area contributed by atoms with Gasteiger partial charge in [0, 0.05) is 18.9 Å². The van der Waals surface area contributed by atoms with E-state index < -0.39 is 0 Å². The van der Waals surface area contributed by atoms with Gasteiger partial charge in [0.05, 0.1) is 23.3 Å². The second kappa shape index (κ2) is 6.77. The summed E-state index contributed by atoms with van der Waals surface area (Å²) in [6.45, 7) is 3.32. The van der Waals surface area contributed by atoms with Gasteiger partial charge >= 0.3 is 0 Å². The molecule has 1 fully saturated rings. The number of anilines is 1. The van der Waals surface area contributed by atoms with Gasteiger partial charge in [-0.1, -0.05) is 17.7 Å². The maximum Gasteiger partial charge on any atom is 0.238 e. The molecule has 0 saturated carbocycles. The third-order valence-corrected chi connectivity index (χ3v) is 4.75. The van der Waals surface area contributed by atoms with E-state index in [1.54, 1.807) is 0 Å². The maximum absolute atomic E-state index is 12.4. The van der Waals surface area contributed by atoms with Crippen LogP contribution in [0.5, 0.6) is 0 Å². The van der Waals surface area contributed by atoms with E-state index in [-0.39, 0.29) is 5.91 Å². The maximum atomic E-state index is 12.4. The van der Waals surface area contributed by atoms with Crippen molar-refractivity contribution in [2.24, 2.45) is 7.05 Å². The molecule has 2 aromatic rings. The fourth-order valence-corrected chi connectivity index (χ4v) is 3.55. The molecule has 2 heterocycles. The third-order valence-electron chi connectivity index (χ3n) is 4.43. The monoisotopic (exact) mass is 331 g/mol. The third kappa shape index (κ3) is 3.59. The number of carbonyl (C=O) groups is 1. The molecule has 1 atom stereocenters. The average molecular weight is 332 g/mol. The zero-order chi connectivity index (χ0) is 16.4. The van der Waals surface area contributed by atoms with Crippen LogP contribution in [0.2, 0.25) is 5.02 Å². The fourth-order valence-electron chi connectivity index (χ4n) is 3.27. The Labute approximate surface area is 142 Å². The number of benzene rings is 1. The first-order valence-electron chi connectivity index (χ1n) is 7.96. The number of rotatable bonds is 4. The molecule has 0 aliphatic carbocycles. The number of nitrogens with zero attached hydrogens (tertiary/aromatic N) is 2. The number of aromatic nitrogens is 1. The summed E-state index contributed by atoms with van der Waals surface area (Å²) in [5, 5.41) is 3.51. The molecule has 1 amide bonds. The lowest BCUT2D eigenvalue weighted by Crippen LogP contribution is -2.33. The van der Waals surface area contributed by atoms with E-state index in [4.69, 9.17) is 11.6 Å². The highest BCUT2D eigenvalue weighted by molar-refractivity contribution is 6.33. The van der Waals surface area contributed by atoms with Crippen molar-refractivity contribution >= 4 is 23.2 Å². The van der Waals surface area contributed by atoms with Gasteiger partial charge in [-0.05, 0) is 56.1 Å². The molecule has 0 bridgehead atoms. The van der Waals surface area contributed by atoms with Crippen LogP contribution in [-0.2, 0) is 11.8 Å². The van der Waals surface area contributed by atoms with E-state index in [1.807, 2.05) is 25.1 Å². The Morgan fingerprint density at radius 1 is 1.39 bits per heavy atom. The van der Waals surface area contributed by atoms with Gasteiger partial charge in [0.2, 0.25) is 5.91 Å². The average Bonchev–Trinajstić information content (AvgIpc) is 3.10. The number of amides is 1. The molecular formula is C18H22ClN3O. The first kappa shape index (κ1) is 16.1. The van der Waals surface area contributed by atoms with Crippen LogP contribution in [0.4, 0.5) is 5.69 Å². The van der Waals surface area contributed by atoms with Crippen LogP contribution in [0.1, 0.15) is 30.1 Å². The number of halogens is 1. The van der Waals surface area contributed by atoms with Gasteiger partial charge in [-0.15, -0.1) is 0 Å². The molecule has 1 aromatic carbocycles. The Bertz CT molecular complexity index is 710. The Hall–Kier alpha value is -1.78. The lowest BCUT2D eigenvalue weighted by atomic mass is 10.1. The van der Waals surface area contributed by atoms with Crippen LogP contribution in [-0.4, -0.2) is 28.5 Å². The highest BCUT2D eigenvalue weighted by atomic mass is 35.5. The molecule has 4 nitrogen and oxygen atoms in total. The SMILES string of the molecule is Cc1ccc(NC(=O)CN2CCC[C@H]2c2cccn2C)c(Cl)c1. The van der Waals surface area contributed by atoms with Crippen LogP contribution in [0.25, 0.3) is 0 Å². The zero-order valence-corrected chi connectivity index (χ0v) is 14.3. The van der Waals surface area contributed by atoms with Gasteiger partial charge < -0.3 is 9.88 Å². The minimum absolute atomic E-state index is 0.0168. The van der Waals surface area contributed by atoms with Crippen molar-refractivity contribution in [1.82, 2.24) is 9.47 Å². The summed E-state index contributed by atoms with van der Waals surface area (Å²) in [4.78, 5) is 14.6. The van der Waals surface area contributed by atoms with Gasteiger partial charge in [-0.2, -0.15) is 0 Å². The van der Waals surface area contributed by atoms with E-state index in [2.05, 4.69) is 40.2 Å². The number of aryl methyl sites for hydroxylation is 2. The standard InChI is InChI=1S/C18H22ClN3O/c1-13-7-8-15(14(19)11-13)20-18(23)12-22-10-4-6-17(22)16-5-3-9-21(16)2/h3,5,7-9,11,17H,4,6,10,12H2,1-2H3,(H,20,23)/t17-/m0/s1. The van der Waals surface area contributed by atoms with Gasteiger partial charge in [0.1, 0.15) is 0 Å². The Morgan fingerprint density at radius 2 is 2.22 bits per heavy atom. The van der Waals surface area contributed by atoms with Crippen LogP contribution >= 0.6 is 11.6 Å². The van der Waals surface area contributed by atoms with Crippen molar-refractivity contribution in [3.63, 3.8) is 0 Å². The van der Waals surface area contributed by atoms with Crippen LogP contribution < -0.4 is 5.32 Å². The molecule has 1 aromatic heterocycles. The lowest BCUT2D eigenvalue weighted by Gasteiger charge is -2.24. The number of hydrogen-bond acceptors (Lipinski definition) is 2. The molecule has 0 unspecified atom stereocenters. The second-order valence-corrected chi connectivity index (χ2v) is 6.61. The smallest absolute Gasteiger partial charge is 0.238 e. The number of nitrogens with one attached hydrogen (secondary N) is 1. The van der Waals surface area contributed by atoms with Crippen molar-refractivity contribution < 1.29 is 4.79 Å². The summed E-state index contributed by atoms with van der Waals surface area (Å²) in [5.74, 6) is -0.0168. The first-order chi connectivity index (χ1) is 11.0. The molecule has 122 valence electrons. The molecule has 23 heavy (non-hydrogen) atoms. The number of carbonyl (C=O) groups excluding carboxylic acids is 1. The molecule has 3 rings (SSSR count). The molecule has 0 spiro atoms. The Morgan fingerprint density at radius 3 is 2.91 bits per heavy atom. The second-order valence-electron chi connectivity index (χ2n) is 6.20. The molecular weight excluding hydrogens is 310 g/mol. The highest BCUT2D eigenvalue weighted by Crippen LogP contribution is 2.31. The van der Waals surface area contributed by atoms with Crippen molar-refractivity contribution in [2.45, 2.75) is 25.8 Å². The van der Waals surface area contributed by atoms with Crippen molar-refractivity contribution in [2.75, 3.05) is 18.4 Å². The summed E-state index contributed by atoms with van der Waals surface area (Å²) in [6.07, 6.45) is 4.27. The first-order valence-corrected chi connectivity index (χ1v) is 8.33. The largest absolute Gasteiger partial charge is 0.353 e. The predicted octanol–water partition coefficient (Wildman–Crippen LogP) is 3.76.